The van der Waals surface area contributed by atoms with Gasteiger partial charge in [-0.3, -0.25) is 0 Å². The first-order valence-electron chi connectivity index (χ1n) is 7.19. The first kappa shape index (κ1) is 12.9. The summed E-state index contributed by atoms with van der Waals surface area (Å²) in [5.74, 6) is 0.665. The second-order valence-electron chi connectivity index (χ2n) is 5.45. The fraction of sp³-hybridized carbons (Fsp3) is 0.600. The molecule has 19 heavy (non-hydrogen) atoms. The molecule has 2 aliphatic heterocycles. The molecule has 1 unspecified atom stereocenters. The SMILES string of the molecule is Fc1ccc2c(c1)CC(CNCCN1CCCC1)O2. The predicted octanol–water partition coefficient (Wildman–Crippen LogP) is 1.81. The van der Waals surface area contributed by atoms with E-state index in [0.717, 1.165) is 37.4 Å². The smallest absolute Gasteiger partial charge is 0.123 e. The first-order chi connectivity index (χ1) is 9.31. The molecule has 4 heteroatoms. The lowest BCUT2D eigenvalue weighted by Crippen LogP contribution is -2.35. The highest BCUT2D eigenvalue weighted by molar-refractivity contribution is 5.37. The molecule has 0 aromatic heterocycles. The van der Waals surface area contributed by atoms with Crippen LogP contribution in [0.5, 0.6) is 5.75 Å². The van der Waals surface area contributed by atoms with Crippen LogP contribution < -0.4 is 10.1 Å². The van der Waals surface area contributed by atoms with Crippen LogP contribution in [0.4, 0.5) is 4.39 Å². The number of rotatable bonds is 5. The maximum Gasteiger partial charge on any atom is 0.123 e. The van der Waals surface area contributed by atoms with E-state index in [1.807, 2.05) is 0 Å². The van der Waals surface area contributed by atoms with Crippen LogP contribution in [0, 0.1) is 5.82 Å². The highest BCUT2D eigenvalue weighted by atomic mass is 19.1. The van der Waals surface area contributed by atoms with Gasteiger partial charge in [-0.05, 0) is 44.1 Å². The molecule has 2 heterocycles. The van der Waals surface area contributed by atoms with Crippen LogP contribution in [0.15, 0.2) is 18.2 Å². The van der Waals surface area contributed by atoms with E-state index in [2.05, 4.69) is 10.2 Å². The third kappa shape index (κ3) is 3.25. The average molecular weight is 264 g/mol. The van der Waals surface area contributed by atoms with Gasteiger partial charge in [0.25, 0.3) is 0 Å². The minimum atomic E-state index is -0.176. The van der Waals surface area contributed by atoms with Gasteiger partial charge in [-0.1, -0.05) is 0 Å². The van der Waals surface area contributed by atoms with Crippen LogP contribution in [0.1, 0.15) is 18.4 Å². The third-order valence-electron chi connectivity index (χ3n) is 3.94. The van der Waals surface area contributed by atoms with Gasteiger partial charge in [0.2, 0.25) is 0 Å². The van der Waals surface area contributed by atoms with Gasteiger partial charge < -0.3 is 15.0 Å². The Balaban J connectivity index is 1.38. The van der Waals surface area contributed by atoms with Crippen molar-refractivity contribution in [1.29, 1.82) is 0 Å². The highest BCUT2D eigenvalue weighted by Gasteiger charge is 2.22. The molecule has 0 amide bonds. The number of ether oxygens (including phenoxy) is 1. The van der Waals surface area contributed by atoms with Gasteiger partial charge in [-0.25, -0.2) is 4.39 Å². The van der Waals surface area contributed by atoms with E-state index in [4.69, 9.17) is 4.74 Å². The van der Waals surface area contributed by atoms with Crippen molar-refractivity contribution in [3.05, 3.63) is 29.6 Å². The molecule has 2 aliphatic rings. The van der Waals surface area contributed by atoms with E-state index in [1.165, 1.54) is 32.0 Å². The molecule has 1 aromatic rings. The molecule has 1 aromatic carbocycles. The fourth-order valence-electron chi connectivity index (χ4n) is 2.91. The van der Waals surface area contributed by atoms with E-state index < -0.39 is 0 Å². The molecule has 0 radical (unpaired) electrons. The van der Waals surface area contributed by atoms with Crippen molar-refractivity contribution < 1.29 is 9.13 Å². The Labute approximate surface area is 113 Å². The quantitative estimate of drug-likeness (QED) is 0.821. The number of hydrogen-bond acceptors (Lipinski definition) is 3. The molecule has 1 saturated heterocycles. The zero-order chi connectivity index (χ0) is 13.1. The third-order valence-corrected chi connectivity index (χ3v) is 3.94. The molecule has 1 fully saturated rings. The predicted molar refractivity (Wildman–Crippen MR) is 73.1 cm³/mol. The van der Waals surface area contributed by atoms with Crippen molar-refractivity contribution in [1.82, 2.24) is 10.2 Å². The van der Waals surface area contributed by atoms with Gasteiger partial charge in [0.05, 0.1) is 0 Å². The molecule has 3 rings (SSSR count). The van der Waals surface area contributed by atoms with Crippen LogP contribution in [-0.2, 0) is 6.42 Å². The summed E-state index contributed by atoms with van der Waals surface area (Å²) < 4.78 is 18.9. The van der Waals surface area contributed by atoms with Gasteiger partial charge in [-0.2, -0.15) is 0 Å². The molecular weight excluding hydrogens is 243 g/mol. The minimum absolute atomic E-state index is 0.148. The van der Waals surface area contributed by atoms with Crippen molar-refractivity contribution in [2.75, 3.05) is 32.7 Å². The van der Waals surface area contributed by atoms with Crippen molar-refractivity contribution in [2.24, 2.45) is 0 Å². The number of nitrogens with zero attached hydrogens (tertiary/aromatic N) is 1. The van der Waals surface area contributed by atoms with Crippen LogP contribution in [0.3, 0.4) is 0 Å². The first-order valence-corrected chi connectivity index (χ1v) is 7.19. The topological polar surface area (TPSA) is 24.5 Å². The Kier molecular flexibility index (Phi) is 3.99. The monoisotopic (exact) mass is 264 g/mol. The van der Waals surface area contributed by atoms with Gasteiger partial charge >= 0.3 is 0 Å². The summed E-state index contributed by atoms with van der Waals surface area (Å²) in [6.45, 7) is 5.45. The van der Waals surface area contributed by atoms with Gasteiger partial charge in [0.1, 0.15) is 17.7 Å². The normalized spacial score (nSPS) is 22.5. The summed E-state index contributed by atoms with van der Waals surface area (Å²) in [5, 5.41) is 3.44. The molecule has 0 bridgehead atoms. The van der Waals surface area contributed by atoms with E-state index in [1.54, 1.807) is 12.1 Å². The maximum absolute atomic E-state index is 13.1. The van der Waals surface area contributed by atoms with Gasteiger partial charge in [-0.15, -0.1) is 0 Å². The Morgan fingerprint density at radius 3 is 3.00 bits per heavy atom. The Bertz CT molecular complexity index is 432. The van der Waals surface area contributed by atoms with Crippen molar-refractivity contribution in [3.8, 4) is 5.75 Å². The van der Waals surface area contributed by atoms with Crippen LogP contribution in [0.2, 0.25) is 0 Å². The van der Waals surface area contributed by atoms with E-state index in [0.29, 0.717) is 0 Å². The molecule has 0 aliphatic carbocycles. The molecule has 0 saturated carbocycles. The summed E-state index contributed by atoms with van der Waals surface area (Å²) >= 11 is 0. The van der Waals surface area contributed by atoms with Crippen molar-refractivity contribution in [3.63, 3.8) is 0 Å². The Morgan fingerprint density at radius 2 is 2.16 bits per heavy atom. The Hall–Kier alpha value is -1.13. The number of halogens is 1. The maximum atomic E-state index is 13.1. The number of likely N-dealkylation sites (tertiary alicyclic amines) is 1. The molecular formula is C15H21FN2O. The number of hydrogen-bond donors (Lipinski definition) is 1. The highest BCUT2D eigenvalue weighted by Crippen LogP contribution is 2.28. The van der Waals surface area contributed by atoms with E-state index >= 15 is 0 Å². The number of benzene rings is 1. The lowest BCUT2D eigenvalue weighted by molar-refractivity contribution is 0.224. The lowest BCUT2D eigenvalue weighted by atomic mass is 10.1. The van der Waals surface area contributed by atoms with E-state index in [9.17, 15) is 4.39 Å². The summed E-state index contributed by atoms with van der Waals surface area (Å²) in [5.41, 5.74) is 0.992. The summed E-state index contributed by atoms with van der Waals surface area (Å²) in [7, 11) is 0. The molecule has 1 atom stereocenters. The minimum Gasteiger partial charge on any atom is -0.488 e. The standard InChI is InChI=1S/C15H21FN2O/c16-13-3-4-15-12(9-13)10-14(19-15)11-17-5-8-18-6-1-2-7-18/h3-4,9,14,17H,1-2,5-8,10-11H2. The van der Waals surface area contributed by atoms with E-state index in [-0.39, 0.29) is 11.9 Å². The zero-order valence-electron chi connectivity index (χ0n) is 11.2. The second-order valence-corrected chi connectivity index (χ2v) is 5.45. The number of fused-ring (bicyclic) bond motifs is 1. The molecule has 0 spiro atoms. The lowest BCUT2D eigenvalue weighted by Gasteiger charge is -2.16. The average Bonchev–Trinajstić information content (AvgIpc) is 3.02. The second kappa shape index (κ2) is 5.88. The van der Waals surface area contributed by atoms with Gasteiger partial charge in [0.15, 0.2) is 0 Å². The van der Waals surface area contributed by atoms with Gasteiger partial charge in [0, 0.05) is 31.6 Å². The van der Waals surface area contributed by atoms with Crippen LogP contribution >= 0.6 is 0 Å². The Morgan fingerprint density at radius 1 is 1.32 bits per heavy atom. The van der Waals surface area contributed by atoms with Crippen LogP contribution in [-0.4, -0.2) is 43.7 Å². The number of nitrogens with one attached hydrogen (secondary N) is 1. The molecule has 1 N–H and O–H groups in total. The van der Waals surface area contributed by atoms with Crippen molar-refractivity contribution in [2.45, 2.75) is 25.4 Å². The summed E-state index contributed by atoms with van der Waals surface area (Å²) in [6.07, 6.45) is 3.64. The summed E-state index contributed by atoms with van der Waals surface area (Å²) in [6, 6.07) is 4.77. The largest absolute Gasteiger partial charge is 0.488 e. The van der Waals surface area contributed by atoms with Crippen molar-refractivity contribution >= 4 is 0 Å². The molecule has 3 nitrogen and oxygen atoms in total. The molecule has 104 valence electrons. The zero-order valence-corrected chi connectivity index (χ0v) is 11.2. The fourth-order valence-corrected chi connectivity index (χ4v) is 2.91. The van der Waals surface area contributed by atoms with Crippen LogP contribution in [0.25, 0.3) is 0 Å². The summed E-state index contributed by atoms with van der Waals surface area (Å²) in [4.78, 5) is 2.49.